The van der Waals surface area contributed by atoms with Crippen LogP contribution in [0.4, 0.5) is 4.79 Å². The Labute approximate surface area is 125 Å². The Kier molecular flexibility index (Phi) is 6.65. The zero-order chi connectivity index (χ0) is 15.8. The summed E-state index contributed by atoms with van der Waals surface area (Å²) in [6, 6.07) is 4.85. The van der Waals surface area contributed by atoms with E-state index in [4.69, 9.17) is 5.11 Å². The maximum atomic E-state index is 11.8. The summed E-state index contributed by atoms with van der Waals surface area (Å²) in [5, 5.41) is 14.5. The van der Waals surface area contributed by atoms with Gasteiger partial charge in [-0.3, -0.25) is 9.78 Å². The quantitative estimate of drug-likeness (QED) is 0.718. The largest absolute Gasteiger partial charge is 0.481 e. The van der Waals surface area contributed by atoms with Crippen LogP contribution in [0.1, 0.15) is 38.9 Å². The minimum atomic E-state index is -0.887. The van der Waals surface area contributed by atoms with E-state index < -0.39 is 11.9 Å². The van der Waals surface area contributed by atoms with Gasteiger partial charge in [-0.2, -0.15) is 0 Å². The maximum absolute atomic E-state index is 11.8. The van der Waals surface area contributed by atoms with Gasteiger partial charge in [0.2, 0.25) is 0 Å². The fraction of sp³-hybridized carbons (Fsp3) is 0.533. The summed E-state index contributed by atoms with van der Waals surface area (Å²) < 4.78 is 0. The zero-order valence-corrected chi connectivity index (χ0v) is 12.7. The molecular formula is C15H23N3O3. The lowest BCUT2D eigenvalue weighted by Crippen LogP contribution is -2.41. The Balaban J connectivity index is 2.44. The van der Waals surface area contributed by atoms with E-state index in [0.717, 1.165) is 5.69 Å². The van der Waals surface area contributed by atoms with Crippen molar-refractivity contribution in [2.24, 2.45) is 11.8 Å². The van der Waals surface area contributed by atoms with Crippen LogP contribution in [0.5, 0.6) is 0 Å². The minimum Gasteiger partial charge on any atom is -0.481 e. The van der Waals surface area contributed by atoms with Gasteiger partial charge in [0.15, 0.2) is 0 Å². The van der Waals surface area contributed by atoms with Crippen LogP contribution < -0.4 is 10.6 Å². The summed E-state index contributed by atoms with van der Waals surface area (Å²) in [5.41, 5.74) is 0.754. The third kappa shape index (κ3) is 6.25. The topological polar surface area (TPSA) is 91.3 Å². The molecule has 0 aliphatic heterocycles. The van der Waals surface area contributed by atoms with E-state index in [2.05, 4.69) is 15.6 Å². The number of carboxylic acid groups (broad SMARTS) is 1. The molecule has 2 unspecified atom stereocenters. The van der Waals surface area contributed by atoms with Gasteiger partial charge in [0.1, 0.15) is 0 Å². The van der Waals surface area contributed by atoms with Crippen LogP contribution in [0, 0.1) is 11.8 Å². The van der Waals surface area contributed by atoms with Gasteiger partial charge in [0.05, 0.1) is 17.7 Å². The second-order valence-electron chi connectivity index (χ2n) is 5.50. The Hall–Kier alpha value is -2.11. The zero-order valence-electron chi connectivity index (χ0n) is 12.7. The number of amides is 2. The third-order valence-electron chi connectivity index (χ3n) is 3.09. The Morgan fingerprint density at radius 1 is 1.29 bits per heavy atom. The molecule has 0 bridgehead atoms. The van der Waals surface area contributed by atoms with E-state index in [0.29, 0.717) is 6.42 Å². The maximum Gasteiger partial charge on any atom is 0.315 e. The van der Waals surface area contributed by atoms with Crippen LogP contribution in [0.3, 0.4) is 0 Å². The van der Waals surface area contributed by atoms with Gasteiger partial charge >= 0.3 is 12.0 Å². The van der Waals surface area contributed by atoms with Gasteiger partial charge in [0, 0.05) is 12.7 Å². The van der Waals surface area contributed by atoms with Crippen molar-refractivity contribution in [3.8, 4) is 0 Å². The summed E-state index contributed by atoms with van der Waals surface area (Å²) in [7, 11) is 0. The lowest BCUT2D eigenvalue weighted by molar-refractivity contribution is -0.142. The van der Waals surface area contributed by atoms with Gasteiger partial charge < -0.3 is 15.7 Å². The Morgan fingerprint density at radius 3 is 2.52 bits per heavy atom. The van der Waals surface area contributed by atoms with Crippen LogP contribution in [0.15, 0.2) is 24.4 Å². The van der Waals surface area contributed by atoms with Crippen LogP contribution in [-0.4, -0.2) is 28.6 Å². The minimum absolute atomic E-state index is 0.119. The predicted octanol–water partition coefficient (Wildman–Crippen LogP) is 2.19. The van der Waals surface area contributed by atoms with Gasteiger partial charge in [-0.05, 0) is 31.4 Å². The molecule has 2 amide bonds. The van der Waals surface area contributed by atoms with Crippen molar-refractivity contribution in [1.82, 2.24) is 15.6 Å². The molecule has 1 heterocycles. The molecule has 0 aromatic carbocycles. The van der Waals surface area contributed by atoms with Gasteiger partial charge in [0.25, 0.3) is 0 Å². The van der Waals surface area contributed by atoms with Crippen molar-refractivity contribution in [1.29, 1.82) is 0 Å². The van der Waals surface area contributed by atoms with Crippen molar-refractivity contribution in [2.45, 2.75) is 33.2 Å². The highest BCUT2D eigenvalue weighted by atomic mass is 16.4. The molecule has 0 saturated heterocycles. The first-order chi connectivity index (χ1) is 9.90. The molecule has 0 saturated carbocycles. The molecule has 3 N–H and O–H groups in total. The number of aromatic nitrogens is 1. The standard InChI is InChI=1S/C15H23N3O3/c1-10(2)8-12(14(19)20)9-17-15(21)18-11(3)13-6-4-5-7-16-13/h4-7,10-12H,8-9H2,1-3H3,(H,19,20)(H2,17,18,21). The Bertz CT molecular complexity index is 462. The van der Waals surface area contributed by atoms with Crippen LogP contribution in [-0.2, 0) is 4.79 Å². The third-order valence-corrected chi connectivity index (χ3v) is 3.09. The van der Waals surface area contributed by atoms with Gasteiger partial charge in [-0.1, -0.05) is 19.9 Å². The predicted molar refractivity (Wildman–Crippen MR) is 79.8 cm³/mol. The number of nitrogens with zero attached hydrogens (tertiary/aromatic N) is 1. The second-order valence-corrected chi connectivity index (χ2v) is 5.50. The van der Waals surface area contributed by atoms with Crippen molar-refractivity contribution < 1.29 is 14.7 Å². The molecule has 0 fully saturated rings. The number of aliphatic carboxylic acids is 1. The van der Waals surface area contributed by atoms with Crippen LogP contribution in [0.25, 0.3) is 0 Å². The molecule has 2 atom stereocenters. The highest BCUT2D eigenvalue weighted by Crippen LogP contribution is 2.11. The summed E-state index contributed by atoms with van der Waals surface area (Å²) in [6.45, 7) is 5.86. The molecule has 1 aromatic heterocycles. The molecule has 6 nitrogen and oxygen atoms in total. The molecule has 0 aliphatic carbocycles. The number of carboxylic acids is 1. The van der Waals surface area contributed by atoms with Gasteiger partial charge in [-0.25, -0.2) is 4.79 Å². The van der Waals surface area contributed by atoms with E-state index in [1.807, 2.05) is 32.9 Å². The van der Waals surface area contributed by atoms with Crippen molar-refractivity contribution in [3.05, 3.63) is 30.1 Å². The fourth-order valence-electron chi connectivity index (χ4n) is 2.01. The number of hydrogen-bond donors (Lipinski definition) is 3. The molecule has 6 heteroatoms. The van der Waals surface area contributed by atoms with E-state index in [1.54, 1.807) is 12.3 Å². The summed E-state index contributed by atoms with van der Waals surface area (Å²) in [5.74, 6) is -1.19. The number of hydrogen-bond acceptors (Lipinski definition) is 3. The van der Waals surface area contributed by atoms with E-state index in [9.17, 15) is 9.59 Å². The Morgan fingerprint density at radius 2 is 2.00 bits per heavy atom. The first-order valence-corrected chi connectivity index (χ1v) is 7.08. The van der Waals surface area contributed by atoms with Crippen molar-refractivity contribution >= 4 is 12.0 Å². The smallest absolute Gasteiger partial charge is 0.315 e. The molecule has 0 radical (unpaired) electrons. The highest BCUT2D eigenvalue weighted by Gasteiger charge is 2.20. The number of carbonyl (C=O) groups excluding carboxylic acids is 1. The average molecular weight is 293 g/mol. The lowest BCUT2D eigenvalue weighted by atomic mass is 9.97. The fourth-order valence-corrected chi connectivity index (χ4v) is 2.01. The molecule has 1 rings (SSSR count). The number of carbonyl (C=O) groups is 2. The number of nitrogens with one attached hydrogen (secondary N) is 2. The van der Waals surface area contributed by atoms with Crippen LogP contribution >= 0.6 is 0 Å². The van der Waals surface area contributed by atoms with E-state index in [1.165, 1.54) is 0 Å². The summed E-state index contributed by atoms with van der Waals surface area (Å²) in [6.07, 6.45) is 2.19. The van der Waals surface area contributed by atoms with E-state index in [-0.39, 0.29) is 24.5 Å². The molecule has 0 spiro atoms. The highest BCUT2D eigenvalue weighted by molar-refractivity contribution is 5.76. The number of urea groups is 1. The average Bonchev–Trinajstić information content (AvgIpc) is 2.43. The number of rotatable bonds is 7. The molecular weight excluding hydrogens is 270 g/mol. The summed E-state index contributed by atoms with van der Waals surface area (Å²) >= 11 is 0. The SMILES string of the molecule is CC(C)CC(CNC(=O)NC(C)c1ccccn1)C(=O)O. The molecule has 0 aliphatic rings. The second kappa shape index (κ2) is 8.24. The molecule has 21 heavy (non-hydrogen) atoms. The monoisotopic (exact) mass is 293 g/mol. The van der Waals surface area contributed by atoms with E-state index >= 15 is 0 Å². The normalized spacial score (nSPS) is 13.5. The number of pyridine rings is 1. The van der Waals surface area contributed by atoms with Gasteiger partial charge in [-0.15, -0.1) is 0 Å². The molecule has 1 aromatic rings. The first-order valence-electron chi connectivity index (χ1n) is 7.08. The van der Waals surface area contributed by atoms with Crippen molar-refractivity contribution in [2.75, 3.05) is 6.54 Å². The van der Waals surface area contributed by atoms with Crippen molar-refractivity contribution in [3.63, 3.8) is 0 Å². The molecule has 116 valence electrons. The first kappa shape index (κ1) is 16.9. The summed E-state index contributed by atoms with van der Waals surface area (Å²) in [4.78, 5) is 27.1. The lowest BCUT2D eigenvalue weighted by Gasteiger charge is -2.17. The van der Waals surface area contributed by atoms with Crippen LogP contribution in [0.2, 0.25) is 0 Å².